The monoisotopic (exact) mass is 541 g/mol. The number of amides is 2. The molecule has 6 nitrogen and oxygen atoms in total. The molecule has 0 bridgehead atoms. The molecule has 9 heteroatoms. The summed E-state index contributed by atoms with van der Waals surface area (Å²) in [5, 5.41) is 1.98. The molecule has 1 saturated heterocycles. The topological polar surface area (TPSA) is 53.1 Å². The van der Waals surface area contributed by atoms with Gasteiger partial charge in [-0.3, -0.25) is 14.5 Å². The zero-order valence-corrected chi connectivity index (χ0v) is 22.4. The molecule has 2 aromatic carbocycles. The van der Waals surface area contributed by atoms with Gasteiger partial charge in [0.2, 0.25) is 11.8 Å². The van der Waals surface area contributed by atoms with Crippen molar-refractivity contribution in [3.8, 4) is 0 Å². The number of morpholine rings is 1. The van der Waals surface area contributed by atoms with Crippen LogP contribution in [-0.4, -0.2) is 78.2 Å². The Kier molecular flexibility index (Phi) is 10.5. The van der Waals surface area contributed by atoms with Crippen molar-refractivity contribution in [1.82, 2.24) is 14.7 Å². The van der Waals surface area contributed by atoms with E-state index in [0.717, 1.165) is 28.4 Å². The van der Waals surface area contributed by atoms with Gasteiger partial charge in [-0.05, 0) is 41.3 Å². The molecule has 0 aliphatic carbocycles. The van der Waals surface area contributed by atoms with Gasteiger partial charge >= 0.3 is 0 Å². The minimum Gasteiger partial charge on any atom is -0.379 e. The van der Waals surface area contributed by atoms with E-state index >= 15 is 0 Å². The molecule has 0 spiro atoms. The molecule has 1 aliphatic heterocycles. The van der Waals surface area contributed by atoms with Crippen molar-refractivity contribution in [2.24, 2.45) is 0 Å². The second kappa shape index (κ2) is 14.3. The first kappa shape index (κ1) is 27.3. The Morgan fingerprint density at radius 3 is 2.38 bits per heavy atom. The molecular formula is C28H32FN3O3S2. The summed E-state index contributed by atoms with van der Waals surface area (Å²) in [5.74, 6) is -0.231. The molecule has 2 amide bonds. The molecule has 1 aliphatic rings. The maximum absolute atomic E-state index is 13.6. The van der Waals surface area contributed by atoms with Gasteiger partial charge in [-0.1, -0.05) is 36.4 Å². The van der Waals surface area contributed by atoms with Crippen molar-refractivity contribution in [2.45, 2.75) is 18.0 Å². The van der Waals surface area contributed by atoms with E-state index in [9.17, 15) is 14.0 Å². The standard InChI is InChI=1S/C28H32FN3O3S2/c29-24-10-8-23(9-11-24)19-32(20-26-7-4-18-36-26)27(33)21-31(13-12-30-14-16-35-17-15-30)28(34)22-37-25-5-2-1-3-6-25/h1-11,18H,12-17,19-22H2. The number of ether oxygens (including phenoxy) is 1. The Hall–Kier alpha value is -2.72. The normalized spacial score (nSPS) is 13.9. The summed E-state index contributed by atoms with van der Waals surface area (Å²) in [6.07, 6.45) is 0. The van der Waals surface area contributed by atoms with Crippen LogP contribution in [0.4, 0.5) is 4.39 Å². The first-order valence-corrected chi connectivity index (χ1v) is 14.2. The SMILES string of the molecule is O=C(CSc1ccccc1)N(CCN1CCOCC1)CC(=O)N(Cc1ccc(F)cc1)Cc1cccs1. The summed E-state index contributed by atoms with van der Waals surface area (Å²) in [7, 11) is 0. The minimum absolute atomic E-state index is 0.00505. The molecule has 0 atom stereocenters. The number of carbonyl (C=O) groups is 2. The zero-order valence-electron chi connectivity index (χ0n) is 20.8. The summed E-state index contributed by atoms with van der Waals surface area (Å²) >= 11 is 3.06. The highest BCUT2D eigenvalue weighted by Gasteiger charge is 2.23. The van der Waals surface area contributed by atoms with Crippen LogP contribution in [0.1, 0.15) is 10.4 Å². The van der Waals surface area contributed by atoms with Crippen LogP contribution >= 0.6 is 23.1 Å². The van der Waals surface area contributed by atoms with Gasteiger partial charge in [0.1, 0.15) is 5.82 Å². The van der Waals surface area contributed by atoms with E-state index in [4.69, 9.17) is 4.74 Å². The maximum Gasteiger partial charge on any atom is 0.242 e. The van der Waals surface area contributed by atoms with Gasteiger partial charge in [0.05, 0.1) is 32.1 Å². The number of thioether (sulfide) groups is 1. The maximum atomic E-state index is 13.6. The molecule has 0 radical (unpaired) electrons. The van der Waals surface area contributed by atoms with Crippen LogP contribution in [0.5, 0.6) is 0 Å². The molecule has 4 rings (SSSR count). The number of hydrogen-bond acceptors (Lipinski definition) is 6. The second-order valence-electron chi connectivity index (χ2n) is 8.83. The smallest absolute Gasteiger partial charge is 0.242 e. The van der Waals surface area contributed by atoms with Crippen LogP contribution in [0.3, 0.4) is 0 Å². The Morgan fingerprint density at radius 2 is 1.68 bits per heavy atom. The van der Waals surface area contributed by atoms with E-state index < -0.39 is 0 Å². The average molecular weight is 542 g/mol. The fourth-order valence-corrected chi connectivity index (χ4v) is 5.57. The van der Waals surface area contributed by atoms with Gasteiger partial charge in [0.15, 0.2) is 0 Å². The summed E-state index contributed by atoms with van der Waals surface area (Å²) in [6.45, 7) is 4.98. The van der Waals surface area contributed by atoms with E-state index in [1.54, 1.807) is 33.3 Å². The van der Waals surface area contributed by atoms with Crippen LogP contribution in [0.15, 0.2) is 77.0 Å². The zero-order chi connectivity index (χ0) is 25.9. The Bertz CT molecular complexity index is 1110. The van der Waals surface area contributed by atoms with Crippen LogP contribution < -0.4 is 0 Å². The summed E-state index contributed by atoms with van der Waals surface area (Å²) < 4.78 is 18.9. The highest BCUT2D eigenvalue weighted by atomic mass is 32.2. The fourth-order valence-electron chi connectivity index (χ4n) is 4.03. The van der Waals surface area contributed by atoms with Crippen LogP contribution in [-0.2, 0) is 27.4 Å². The van der Waals surface area contributed by atoms with Crippen molar-refractivity contribution < 1.29 is 18.7 Å². The van der Waals surface area contributed by atoms with E-state index in [2.05, 4.69) is 4.90 Å². The van der Waals surface area contributed by atoms with Gasteiger partial charge in [-0.2, -0.15) is 0 Å². The molecule has 0 N–H and O–H groups in total. The van der Waals surface area contributed by atoms with Gasteiger partial charge in [0, 0.05) is 42.5 Å². The number of benzene rings is 2. The van der Waals surface area contributed by atoms with Crippen molar-refractivity contribution in [1.29, 1.82) is 0 Å². The van der Waals surface area contributed by atoms with E-state index in [1.807, 2.05) is 47.8 Å². The molecule has 2 heterocycles. The number of hydrogen-bond donors (Lipinski definition) is 0. The molecule has 3 aromatic rings. The van der Waals surface area contributed by atoms with Crippen molar-refractivity contribution in [2.75, 3.05) is 51.7 Å². The van der Waals surface area contributed by atoms with Crippen molar-refractivity contribution >= 4 is 34.9 Å². The lowest BCUT2D eigenvalue weighted by molar-refractivity contribution is -0.140. The Balaban J connectivity index is 1.45. The number of carbonyl (C=O) groups excluding carboxylic acids is 2. The third-order valence-electron chi connectivity index (χ3n) is 6.14. The van der Waals surface area contributed by atoms with Crippen LogP contribution in [0.25, 0.3) is 0 Å². The van der Waals surface area contributed by atoms with Crippen molar-refractivity contribution in [3.05, 3.63) is 88.4 Å². The second-order valence-corrected chi connectivity index (χ2v) is 10.9. The summed E-state index contributed by atoms with van der Waals surface area (Å²) in [6, 6.07) is 20.0. The van der Waals surface area contributed by atoms with Gasteiger partial charge in [-0.15, -0.1) is 23.1 Å². The molecule has 0 saturated carbocycles. The number of thiophene rings is 1. The Morgan fingerprint density at radius 1 is 0.919 bits per heavy atom. The molecule has 196 valence electrons. The summed E-state index contributed by atoms with van der Waals surface area (Å²) in [5.41, 5.74) is 0.845. The average Bonchev–Trinajstić information content (AvgIpc) is 3.45. The molecule has 37 heavy (non-hydrogen) atoms. The lowest BCUT2D eigenvalue weighted by Gasteiger charge is -2.31. The molecule has 0 unspecified atom stereocenters. The largest absolute Gasteiger partial charge is 0.379 e. The lowest BCUT2D eigenvalue weighted by atomic mass is 10.2. The predicted molar refractivity (Wildman–Crippen MR) is 146 cm³/mol. The van der Waals surface area contributed by atoms with E-state index in [0.29, 0.717) is 39.4 Å². The van der Waals surface area contributed by atoms with Gasteiger partial charge in [-0.25, -0.2) is 4.39 Å². The lowest BCUT2D eigenvalue weighted by Crippen LogP contribution is -2.47. The van der Waals surface area contributed by atoms with Crippen LogP contribution in [0, 0.1) is 5.82 Å². The fraction of sp³-hybridized carbons (Fsp3) is 0.357. The highest BCUT2D eigenvalue weighted by molar-refractivity contribution is 8.00. The van der Waals surface area contributed by atoms with E-state index in [1.165, 1.54) is 23.9 Å². The number of halogens is 1. The highest BCUT2D eigenvalue weighted by Crippen LogP contribution is 2.19. The minimum atomic E-state index is -0.310. The van der Waals surface area contributed by atoms with Crippen LogP contribution in [0.2, 0.25) is 0 Å². The Labute approximate surface area is 226 Å². The molecular weight excluding hydrogens is 509 g/mol. The quantitative estimate of drug-likeness (QED) is 0.319. The molecule has 1 aromatic heterocycles. The number of nitrogens with zero attached hydrogens (tertiary/aromatic N) is 3. The predicted octanol–water partition coefficient (Wildman–Crippen LogP) is 4.37. The van der Waals surface area contributed by atoms with Gasteiger partial charge in [0.25, 0.3) is 0 Å². The third kappa shape index (κ3) is 8.96. The molecule has 1 fully saturated rings. The van der Waals surface area contributed by atoms with Gasteiger partial charge < -0.3 is 14.5 Å². The van der Waals surface area contributed by atoms with E-state index in [-0.39, 0.29) is 29.9 Å². The summed E-state index contributed by atoms with van der Waals surface area (Å²) in [4.78, 5) is 34.7. The first-order valence-electron chi connectivity index (χ1n) is 12.4. The first-order chi connectivity index (χ1) is 18.1. The third-order valence-corrected chi connectivity index (χ3v) is 8.00. The number of rotatable bonds is 12. The van der Waals surface area contributed by atoms with Crippen molar-refractivity contribution in [3.63, 3.8) is 0 Å².